The van der Waals surface area contributed by atoms with Gasteiger partial charge in [0.05, 0.1) is 28.2 Å². The SMILES string of the molecule is O=C(NNC(=O)C1C(C(=O)O)C2(Cl)C(Cl)=C(Cl)C1(Cl)C2(Cl)Cl)c1ccco1. The van der Waals surface area contributed by atoms with Crippen molar-refractivity contribution in [1.82, 2.24) is 10.9 Å². The molecular weight excluding hydrogens is 489 g/mol. The molecule has 2 aliphatic rings. The van der Waals surface area contributed by atoms with E-state index in [-0.39, 0.29) is 15.8 Å². The van der Waals surface area contributed by atoms with Crippen molar-refractivity contribution in [2.24, 2.45) is 11.8 Å². The van der Waals surface area contributed by atoms with Crippen molar-refractivity contribution in [3.8, 4) is 0 Å². The van der Waals surface area contributed by atoms with Crippen molar-refractivity contribution in [2.45, 2.75) is 14.1 Å². The van der Waals surface area contributed by atoms with Gasteiger partial charge in [-0.2, -0.15) is 0 Å². The highest BCUT2D eigenvalue weighted by Gasteiger charge is 2.85. The van der Waals surface area contributed by atoms with Gasteiger partial charge in [0.1, 0.15) is 9.75 Å². The highest BCUT2D eigenvalue weighted by molar-refractivity contribution is 6.66. The average molecular weight is 497 g/mol. The summed E-state index contributed by atoms with van der Waals surface area (Å²) in [5, 5.41) is 8.93. The molecule has 7 nitrogen and oxygen atoms in total. The van der Waals surface area contributed by atoms with Crippen LogP contribution < -0.4 is 10.9 Å². The largest absolute Gasteiger partial charge is 0.481 e. The molecule has 2 aliphatic carbocycles. The number of furan rings is 1. The van der Waals surface area contributed by atoms with Crippen LogP contribution in [0.5, 0.6) is 0 Å². The molecular formula is C14H8Cl6N2O5. The van der Waals surface area contributed by atoms with E-state index in [0.29, 0.717) is 0 Å². The molecule has 13 heteroatoms. The van der Waals surface area contributed by atoms with Gasteiger partial charge in [-0.15, -0.1) is 23.2 Å². The predicted molar refractivity (Wildman–Crippen MR) is 99.3 cm³/mol. The van der Waals surface area contributed by atoms with Crippen molar-refractivity contribution >= 4 is 87.4 Å². The van der Waals surface area contributed by atoms with E-state index in [1.54, 1.807) is 0 Å². The average Bonchev–Trinajstić information content (AvgIpc) is 3.20. The predicted octanol–water partition coefficient (Wildman–Crippen LogP) is 3.20. The molecule has 27 heavy (non-hydrogen) atoms. The number of hydrazine groups is 1. The Morgan fingerprint density at radius 1 is 1.00 bits per heavy atom. The quantitative estimate of drug-likeness (QED) is 0.440. The van der Waals surface area contributed by atoms with Crippen molar-refractivity contribution in [3.63, 3.8) is 0 Å². The standard InChI is InChI=1S/C14H8Cl6N2O5/c15-7-8(16)13(18)6(11(25)26)5(12(7,17)14(13,19)20)10(24)22-21-9(23)4-2-1-3-27-4/h1-3,5-6H,(H,21,23)(H,22,24)(H,25,26). The lowest BCUT2D eigenvalue weighted by Gasteiger charge is -2.33. The van der Waals surface area contributed by atoms with Crippen LogP contribution in [-0.4, -0.2) is 37.0 Å². The van der Waals surface area contributed by atoms with E-state index in [1.807, 2.05) is 0 Å². The second-order valence-corrected chi connectivity index (χ2v) is 9.12. The number of rotatable bonds is 3. The van der Waals surface area contributed by atoms with Crippen LogP contribution in [-0.2, 0) is 9.59 Å². The van der Waals surface area contributed by atoms with Gasteiger partial charge in [-0.25, -0.2) is 0 Å². The molecule has 146 valence electrons. The summed E-state index contributed by atoms with van der Waals surface area (Å²) >= 11 is 37.6. The number of aliphatic carboxylic acids is 1. The number of allylic oxidation sites excluding steroid dienone is 2. The number of nitrogens with one attached hydrogen (secondary N) is 2. The third kappa shape index (κ3) is 2.52. The van der Waals surface area contributed by atoms with E-state index in [0.717, 1.165) is 0 Å². The minimum atomic E-state index is -2.23. The Morgan fingerprint density at radius 3 is 2.04 bits per heavy atom. The van der Waals surface area contributed by atoms with Gasteiger partial charge < -0.3 is 9.52 Å². The van der Waals surface area contributed by atoms with E-state index >= 15 is 0 Å². The number of hydrogen-bond donors (Lipinski definition) is 3. The zero-order chi connectivity index (χ0) is 20.4. The summed E-state index contributed by atoms with van der Waals surface area (Å²) in [4.78, 5) is 32.1. The highest BCUT2D eigenvalue weighted by atomic mass is 35.5. The number of carbonyl (C=O) groups is 3. The molecule has 4 atom stereocenters. The van der Waals surface area contributed by atoms with E-state index in [2.05, 4.69) is 10.9 Å². The second kappa shape index (κ2) is 6.61. The maximum atomic E-state index is 12.7. The van der Waals surface area contributed by atoms with Crippen LogP contribution in [0.2, 0.25) is 0 Å². The van der Waals surface area contributed by atoms with Gasteiger partial charge in [-0.3, -0.25) is 25.2 Å². The van der Waals surface area contributed by atoms with Crippen LogP contribution in [0.3, 0.4) is 0 Å². The summed E-state index contributed by atoms with van der Waals surface area (Å²) in [6.45, 7) is 0. The van der Waals surface area contributed by atoms with Gasteiger partial charge in [0, 0.05) is 0 Å². The van der Waals surface area contributed by atoms with Crippen LogP contribution in [0.25, 0.3) is 0 Å². The normalized spacial score (nSPS) is 33.9. The highest BCUT2D eigenvalue weighted by Crippen LogP contribution is 2.76. The van der Waals surface area contributed by atoms with E-state index in [9.17, 15) is 19.5 Å². The number of carboxylic acid groups (broad SMARTS) is 1. The van der Waals surface area contributed by atoms with E-state index in [1.165, 1.54) is 18.4 Å². The molecule has 1 fully saturated rings. The lowest BCUT2D eigenvalue weighted by molar-refractivity contribution is -0.147. The molecule has 0 aromatic carbocycles. The molecule has 1 heterocycles. The molecule has 2 bridgehead atoms. The Kier molecular flexibility index (Phi) is 5.11. The third-order valence-electron chi connectivity index (χ3n) is 4.53. The number of fused-ring (bicyclic) bond motifs is 2. The van der Waals surface area contributed by atoms with Crippen LogP contribution in [0, 0.1) is 11.8 Å². The topological polar surface area (TPSA) is 109 Å². The Hall–Kier alpha value is -0.830. The molecule has 3 rings (SSSR count). The second-order valence-electron chi connectivity index (χ2n) is 5.84. The monoisotopic (exact) mass is 494 g/mol. The van der Waals surface area contributed by atoms with Crippen LogP contribution in [0.4, 0.5) is 0 Å². The number of halogens is 6. The first-order valence-electron chi connectivity index (χ1n) is 7.10. The Labute approximate surface area is 181 Å². The van der Waals surface area contributed by atoms with Crippen molar-refractivity contribution < 1.29 is 23.9 Å². The first-order chi connectivity index (χ1) is 12.4. The third-order valence-corrected chi connectivity index (χ3v) is 8.79. The fourth-order valence-electron chi connectivity index (χ4n) is 3.29. The van der Waals surface area contributed by atoms with E-state index < -0.39 is 43.7 Å². The summed E-state index contributed by atoms with van der Waals surface area (Å²) in [5.41, 5.74) is 4.11. The number of hydrogen-bond acceptors (Lipinski definition) is 4. The van der Waals surface area contributed by atoms with Crippen LogP contribution in [0.15, 0.2) is 32.9 Å². The van der Waals surface area contributed by atoms with Gasteiger partial charge >= 0.3 is 11.9 Å². The maximum absolute atomic E-state index is 12.7. The lowest BCUT2D eigenvalue weighted by Crippen LogP contribution is -2.53. The summed E-state index contributed by atoms with van der Waals surface area (Å²) < 4.78 is 2.64. The fourth-order valence-corrected chi connectivity index (χ4v) is 6.23. The van der Waals surface area contributed by atoms with Crippen LogP contribution >= 0.6 is 69.6 Å². The van der Waals surface area contributed by atoms with Crippen molar-refractivity contribution in [1.29, 1.82) is 0 Å². The number of carbonyl (C=O) groups excluding carboxylic acids is 2. The maximum Gasteiger partial charge on any atom is 0.309 e. The van der Waals surface area contributed by atoms with Gasteiger partial charge in [-0.1, -0.05) is 46.4 Å². The van der Waals surface area contributed by atoms with Crippen LogP contribution in [0.1, 0.15) is 10.6 Å². The number of amides is 2. The molecule has 0 spiro atoms. The molecule has 1 aromatic rings. The minimum Gasteiger partial charge on any atom is -0.481 e. The van der Waals surface area contributed by atoms with Crippen molar-refractivity contribution in [3.05, 3.63) is 34.2 Å². The first kappa shape index (κ1) is 20.9. The molecule has 3 N–H and O–H groups in total. The molecule has 4 unspecified atom stereocenters. The first-order valence-corrected chi connectivity index (χ1v) is 9.37. The van der Waals surface area contributed by atoms with Crippen molar-refractivity contribution in [2.75, 3.05) is 0 Å². The molecule has 1 aromatic heterocycles. The zero-order valence-corrected chi connectivity index (χ0v) is 17.3. The number of carboxylic acids is 1. The molecule has 1 saturated carbocycles. The van der Waals surface area contributed by atoms with E-state index in [4.69, 9.17) is 74.0 Å². The molecule has 2 amide bonds. The Bertz CT molecular complexity index is 871. The summed E-state index contributed by atoms with van der Waals surface area (Å²) in [6.07, 6.45) is 1.25. The molecule has 0 radical (unpaired) electrons. The molecule has 0 aliphatic heterocycles. The molecule has 0 saturated heterocycles. The van der Waals surface area contributed by atoms with Gasteiger partial charge in [0.2, 0.25) is 5.91 Å². The Morgan fingerprint density at radius 2 is 1.56 bits per heavy atom. The summed E-state index contributed by atoms with van der Waals surface area (Å²) in [6, 6.07) is 2.80. The number of alkyl halides is 4. The lowest BCUT2D eigenvalue weighted by atomic mass is 9.81. The summed E-state index contributed by atoms with van der Waals surface area (Å²) in [7, 11) is 0. The van der Waals surface area contributed by atoms with Gasteiger partial charge in [-0.05, 0) is 12.1 Å². The zero-order valence-electron chi connectivity index (χ0n) is 12.7. The van der Waals surface area contributed by atoms with Gasteiger partial charge in [0.15, 0.2) is 10.1 Å². The Balaban J connectivity index is 1.95. The minimum absolute atomic E-state index is 0.0996. The van der Waals surface area contributed by atoms with Gasteiger partial charge in [0.25, 0.3) is 0 Å². The summed E-state index contributed by atoms with van der Waals surface area (Å²) in [5.74, 6) is -6.85. The smallest absolute Gasteiger partial charge is 0.309 e. The fraction of sp³-hybridized carbons (Fsp3) is 0.357.